The van der Waals surface area contributed by atoms with E-state index in [0.29, 0.717) is 28.4 Å². The van der Waals surface area contributed by atoms with E-state index in [1.165, 1.54) is 17.0 Å². The molecular formula is C28H22ClN3O4S. The van der Waals surface area contributed by atoms with Crippen molar-refractivity contribution in [1.29, 1.82) is 5.26 Å². The Morgan fingerprint density at radius 1 is 1.05 bits per heavy atom. The number of anilines is 2. The lowest BCUT2D eigenvalue weighted by molar-refractivity contribution is -0.117. The van der Waals surface area contributed by atoms with Gasteiger partial charge in [-0.05, 0) is 61.4 Å². The highest BCUT2D eigenvalue weighted by atomic mass is 35.5. The Labute approximate surface area is 223 Å². The number of hydrogen-bond donors (Lipinski definition) is 1. The number of ether oxygens (including phenoxy) is 1. The third-order valence-corrected chi connectivity index (χ3v) is 7.17. The molecule has 3 aromatic rings. The lowest BCUT2D eigenvalue weighted by Gasteiger charge is -2.18. The number of amides is 2. The number of carbonyl (C=O) groups is 3. The molecule has 7 nitrogen and oxygen atoms in total. The number of benzene rings is 3. The largest absolute Gasteiger partial charge is 0.462 e. The monoisotopic (exact) mass is 531 g/mol. The van der Waals surface area contributed by atoms with Crippen LogP contribution >= 0.6 is 23.4 Å². The van der Waals surface area contributed by atoms with E-state index in [4.69, 9.17) is 16.3 Å². The third-order valence-electron chi connectivity index (χ3n) is 5.54. The molecule has 4 rings (SSSR count). The molecule has 186 valence electrons. The molecular weight excluding hydrogens is 510 g/mol. The van der Waals surface area contributed by atoms with Gasteiger partial charge in [0.1, 0.15) is 16.7 Å². The molecule has 2 amide bonds. The quantitative estimate of drug-likeness (QED) is 0.243. The van der Waals surface area contributed by atoms with Gasteiger partial charge in [0.15, 0.2) is 0 Å². The average Bonchev–Trinajstić information content (AvgIpc) is 3.22. The fourth-order valence-corrected chi connectivity index (χ4v) is 5.27. The molecule has 1 aliphatic heterocycles. The van der Waals surface area contributed by atoms with E-state index in [2.05, 4.69) is 5.32 Å². The molecule has 37 heavy (non-hydrogen) atoms. The number of nitrogens with zero attached hydrogens (tertiary/aromatic N) is 2. The average molecular weight is 532 g/mol. The van der Waals surface area contributed by atoms with Crippen molar-refractivity contribution in [2.75, 3.05) is 16.8 Å². The van der Waals surface area contributed by atoms with Gasteiger partial charge >= 0.3 is 5.97 Å². The van der Waals surface area contributed by atoms with E-state index in [1.807, 2.05) is 30.3 Å². The zero-order valence-corrected chi connectivity index (χ0v) is 21.4. The molecule has 1 N–H and O–H groups in total. The van der Waals surface area contributed by atoms with Crippen LogP contribution in [0.2, 0.25) is 5.02 Å². The first-order valence-corrected chi connectivity index (χ1v) is 12.7. The number of esters is 1. The van der Waals surface area contributed by atoms with Crippen LogP contribution in [0.15, 0.2) is 89.5 Å². The number of hydrogen-bond acceptors (Lipinski definition) is 6. The molecule has 1 heterocycles. The lowest BCUT2D eigenvalue weighted by Crippen LogP contribution is -2.30. The van der Waals surface area contributed by atoms with E-state index in [1.54, 1.807) is 49.4 Å². The third kappa shape index (κ3) is 5.85. The van der Waals surface area contributed by atoms with Gasteiger partial charge in [0.2, 0.25) is 5.91 Å². The topological polar surface area (TPSA) is 99.5 Å². The second-order valence-electron chi connectivity index (χ2n) is 7.96. The van der Waals surface area contributed by atoms with Crippen molar-refractivity contribution < 1.29 is 19.1 Å². The molecule has 1 atom stereocenters. The minimum atomic E-state index is -0.666. The van der Waals surface area contributed by atoms with Gasteiger partial charge in [0, 0.05) is 16.4 Å². The van der Waals surface area contributed by atoms with Crippen LogP contribution in [0.4, 0.5) is 11.4 Å². The molecule has 0 saturated carbocycles. The molecule has 3 aromatic carbocycles. The summed E-state index contributed by atoms with van der Waals surface area (Å²) in [5.41, 5.74) is 1.89. The fourth-order valence-electron chi connectivity index (χ4n) is 3.76. The van der Waals surface area contributed by atoms with Gasteiger partial charge in [-0.2, -0.15) is 5.26 Å². The number of para-hydroxylation sites is 1. The van der Waals surface area contributed by atoms with Crippen molar-refractivity contribution in [3.8, 4) is 6.07 Å². The maximum absolute atomic E-state index is 13.5. The fraction of sp³-hybridized carbons (Fsp3) is 0.143. The Kier molecular flexibility index (Phi) is 8.29. The Morgan fingerprint density at radius 3 is 2.38 bits per heavy atom. The lowest BCUT2D eigenvalue weighted by atomic mass is 10.1. The predicted molar refractivity (Wildman–Crippen MR) is 144 cm³/mol. The van der Waals surface area contributed by atoms with Crippen molar-refractivity contribution in [2.24, 2.45) is 0 Å². The van der Waals surface area contributed by atoms with Crippen molar-refractivity contribution in [3.05, 3.63) is 106 Å². The maximum Gasteiger partial charge on any atom is 0.338 e. The molecule has 0 radical (unpaired) electrons. The van der Waals surface area contributed by atoms with Gasteiger partial charge in [-0.15, -0.1) is 0 Å². The number of thioether (sulfide) groups is 1. The summed E-state index contributed by atoms with van der Waals surface area (Å²) in [5, 5.41) is 12.9. The second kappa shape index (κ2) is 11.8. The number of halogens is 1. The summed E-state index contributed by atoms with van der Waals surface area (Å²) in [7, 11) is 0. The summed E-state index contributed by atoms with van der Waals surface area (Å²) < 4.78 is 4.97. The first-order chi connectivity index (χ1) is 17.9. The minimum Gasteiger partial charge on any atom is -0.462 e. The number of nitrogens with one attached hydrogen (secondary N) is 1. The van der Waals surface area contributed by atoms with Crippen LogP contribution in [-0.4, -0.2) is 29.6 Å². The summed E-state index contributed by atoms with van der Waals surface area (Å²) in [6, 6.07) is 24.3. The van der Waals surface area contributed by atoms with Crippen LogP contribution < -0.4 is 10.2 Å². The van der Waals surface area contributed by atoms with Crippen molar-refractivity contribution >= 4 is 52.5 Å². The number of nitriles is 1. The summed E-state index contributed by atoms with van der Waals surface area (Å²) in [6.45, 7) is 1.97. The molecule has 1 unspecified atom stereocenters. The second-order valence-corrected chi connectivity index (χ2v) is 9.55. The molecule has 0 aromatic heterocycles. The summed E-state index contributed by atoms with van der Waals surface area (Å²) >= 11 is 7.49. The van der Waals surface area contributed by atoms with Crippen molar-refractivity contribution in [2.45, 2.75) is 18.6 Å². The SMILES string of the molecule is CCOC(=O)c1ccc(NC(=O)C(C#N)=C2SC(Cc3ccccc3Cl)C(=O)N2c2ccccc2)cc1. The van der Waals surface area contributed by atoms with Crippen LogP contribution in [0.1, 0.15) is 22.8 Å². The maximum atomic E-state index is 13.5. The van der Waals surface area contributed by atoms with Gasteiger partial charge in [-0.25, -0.2) is 4.79 Å². The Balaban J connectivity index is 1.65. The van der Waals surface area contributed by atoms with E-state index < -0.39 is 17.1 Å². The summed E-state index contributed by atoms with van der Waals surface area (Å²) in [6.07, 6.45) is 0.339. The Morgan fingerprint density at radius 2 is 1.73 bits per heavy atom. The zero-order chi connectivity index (χ0) is 26.4. The van der Waals surface area contributed by atoms with E-state index >= 15 is 0 Å². The van der Waals surface area contributed by atoms with Crippen molar-refractivity contribution in [3.63, 3.8) is 0 Å². The predicted octanol–water partition coefficient (Wildman–Crippen LogP) is 5.58. The normalized spacial score (nSPS) is 16.2. The van der Waals surface area contributed by atoms with Gasteiger partial charge in [-0.1, -0.05) is 59.8 Å². The van der Waals surface area contributed by atoms with Crippen LogP contribution in [0.3, 0.4) is 0 Å². The highest BCUT2D eigenvalue weighted by molar-refractivity contribution is 8.05. The molecule has 1 aliphatic rings. The highest BCUT2D eigenvalue weighted by Crippen LogP contribution is 2.42. The molecule has 1 saturated heterocycles. The molecule has 0 bridgehead atoms. The Bertz CT molecular complexity index is 1400. The van der Waals surface area contributed by atoms with Gasteiger partial charge in [-0.3, -0.25) is 14.5 Å². The molecule has 0 spiro atoms. The highest BCUT2D eigenvalue weighted by Gasteiger charge is 2.41. The van der Waals surface area contributed by atoms with Crippen LogP contribution in [-0.2, 0) is 20.7 Å². The smallest absolute Gasteiger partial charge is 0.338 e. The number of carbonyl (C=O) groups excluding carboxylic acids is 3. The van der Waals surface area contributed by atoms with E-state index in [0.717, 1.165) is 17.3 Å². The van der Waals surface area contributed by atoms with Crippen LogP contribution in [0.25, 0.3) is 0 Å². The summed E-state index contributed by atoms with van der Waals surface area (Å²) in [4.78, 5) is 40.0. The molecule has 9 heteroatoms. The summed E-state index contributed by atoms with van der Waals surface area (Å²) in [5.74, 6) is -1.38. The van der Waals surface area contributed by atoms with Gasteiger partial charge in [0.25, 0.3) is 5.91 Å². The van der Waals surface area contributed by atoms with E-state index in [-0.39, 0.29) is 23.1 Å². The van der Waals surface area contributed by atoms with Gasteiger partial charge in [0.05, 0.1) is 17.4 Å². The van der Waals surface area contributed by atoms with Gasteiger partial charge < -0.3 is 10.1 Å². The molecule has 1 fully saturated rings. The Hall–Kier alpha value is -4.06. The first kappa shape index (κ1) is 26.0. The van der Waals surface area contributed by atoms with Crippen molar-refractivity contribution in [1.82, 2.24) is 0 Å². The minimum absolute atomic E-state index is 0.196. The molecule has 0 aliphatic carbocycles. The number of rotatable bonds is 7. The van der Waals surface area contributed by atoms with Crippen LogP contribution in [0.5, 0.6) is 0 Å². The first-order valence-electron chi connectivity index (χ1n) is 11.4. The van der Waals surface area contributed by atoms with Crippen LogP contribution in [0, 0.1) is 11.3 Å². The standard InChI is InChI=1S/C28H22ClN3O4S/c1-2-36-28(35)18-12-14-20(15-13-18)31-25(33)22(17-30)27-32(21-9-4-3-5-10-21)26(34)24(37-27)16-19-8-6-7-11-23(19)29/h3-15,24H,2,16H2,1H3,(H,31,33). The van der Waals surface area contributed by atoms with E-state index in [9.17, 15) is 19.6 Å². The zero-order valence-electron chi connectivity index (χ0n) is 19.8.